The Kier molecular flexibility index (Phi) is 14.5. The van der Waals surface area contributed by atoms with Crippen molar-refractivity contribution < 1.29 is 48.0 Å². The summed E-state index contributed by atoms with van der Waals surface area (Å²) in [4.78, 5) is 55.1. The first-order chi connectivity index (χ1) is 31.9. The zero-order chi connectivity index (χ0) is 48.2. The average Bonchev–Trinajstić information content (AvgIpc) is 3.78. The number of methoxy groups -OCH3 is 3. The largest absolute Gasteiger partial charge is 0.508 e. The van der Waals surface area contributed by atoms with E-state index < -0.39 is 11.2 Å². The van der Waals surface area contributed by atoms with Gasteiger partial charge in [0.2, 0.25) is 0 Å². The van der Waals surface area contributed by atoms with Crippen molar-refractivity contribution in [1.82, 2.24) is 9.80 Å². The lowest BCUT2D eigenvalue weighted by atomic mass is 9.86. The minimum atomic E-state index is -0.626. The van der Waals surface area contributed by atoms with Gasteiger partial charge in [0.25, 0.3) is 11.8 Å². The number of rotatable bonds is 15. The summed E-state index contributed by atoms with van der Waals surface area (Å²) < 4.78 is 29.5. The average molecular weight is 913 g/mol. The first-order valence-electron chi connectivity index (χ1n) is 23.1. The van der Waals surface area contributed by atoms with E-state index in [1.54, 1.807) is 45.6 Å². The van der Waals surface area contributed by atoms with Gasteiger partial charge in [-0.1, -0.05) is 35.4 Å². The lowest BCUT2D eigenvalue weighted by Gasteiger charge is -2.37. The Balaban J connectivity index is 0.000000199. The highest BCUT2D eigenvalue weighted by Crippen LogP contribution is 2.48. The van der Waals surface area contributed by atoms with Gasteiger partial charge in [0.05, 0.1) is 45.5 Å². The maximum Gasteiger partial charge on any atom is 0.254 e. The Morgan fingerprint density at radius 2 is 1.03 bits per heavy atom. The van der Waals surface area contributed by atoms with E-state index in [2.05, 4.69) is 0 Å². The number of hydrogen-bond donors (Lipinski definition) is 1. The number of ketones is 2. The molecule has 4 aliphatic rings. The van der Waals surface area contributed by atoms with E-state index in [1.807, 2.05) is 99.9 Å². The smallest absolute Gasteiger partial charge is 0.254 e. The Morgan fingerprint density at radius 3 is 1.40 bits per heavy atom. The van der Waals surface area contributed by atoms with E-state index in [4.69, 9.17) is 23.7 Å². The number of phenolic OH excluding ortho intramolecular Hbond substituents is 1. The van der Waals surface area contributed by atoms with Crippen molar-refractivity contribution in [2.75, 3.05) is 34.4 Å². The molecule has 0 aromatic heterocycles. The lowest BCUT2D eigenvalue weighted by Crippen LogP contribution is -2.39. The van der Waals surface area contributed by atoms with Crippen molar-refractivity contribution >= 4 is 23.4 Å². The van der Waals surface area contributed by atoms with Gasteiger partial charge in [0.1, 0.15) is 45.7 Å². The summed E-state index contributed by atoms with van der Waals surface area (Å²) in [5, 5.41) is 9.48. The summed E-state index contributed by atoms with van der Waals surface area (Å²) in [5.74, 6) is 3.85. The van der Waals surface area contributed by atoms with Crippen molar-refractivity contribution in [2.45, 2.75) is 117 Å². The predicted molar refractivity (Wildman–Crippen MR) is 257 cm³/mol. The van der Waals surface area contributed by atoms with Gasteiger partial charge < -0.3 is 38.6 Å². The van der Waals surface area contributed by atoms with E-state index in [-0.39, 0.29) is 29.1 Å². The second-order valence-electron chi connectivity index (χ2n) is 19.1. The van der Waals surface area contributed by atoms with Crippen LogP contribution >= 0.6 is 0 Å². The maximum atomic E-state index is 13.3. The van der Waals surface area contributed by atoms with Gasteiger partial charge in [0.15, 0.2) is 11.6 Å². The van der Waals surface area contributed by atoms with Gasteiger partial charge in [0, 0.05) is 48.2 Å². The van der Waals surface area contributed by atoms with E-state index in [9.17, 15) is 24.3 Å². The normalized spacial score (nSPS) is 18.8. The molecule has 0 fully saturated rings. The van der Waals surface area contributed by atoms with Crippen LogP contribution in [0.25, 0.3) is 0 Å². The number of carbonyl (C=O) groups excluding carboxylic acids is 4. The van der Waals surface area contributed by atoms with Crippen LogP contribution in [0.4, 0.5) is 0 Å². The number of aromatic hydroxyl groups is 1. The highest BCUT2D eigenvalue weighted by atomic mass is 16.5. The number of phenols is 1. The minimum absolute atomic E-state index is 0.0129. The van der Waals surface area contributed by atoms with Crippen molar-refractivity contribution in [3.8, 4) is 34.5 Å². The van der Waals surface area contributed by atoms with Crippen LogP contribution in [-0.2, 0) is 48.4 Å². The number of nitrogens with zero attached hydrogens (tertiary/aromatic N) is 2. The van der Waals surface area contributed by atoms with Crippen LogP contribution < -0.4 is 23.7 Å². The Labute approximate surface area is 394 Å². The minimum Gasteiger partial charge on any atom is -0.508 e. The van der Waals surface area contributed by atoms with E-state index in [0.29, 0.717) is 92.4 Å². The fourth-order valence-corrected chi connectivity index (χ4v) is 9.54. The monoisotopic (exact) mass is 912 g/mol. The molecule has 12 heteroatoms. The summed E-state index contributed by atoms with van der Waals surface area (Å²) in [6.45, 7) is 13.7. The molecule has 8 rings (SSSR count). The molecule has 354 valence electrons. The first-order valence-corrected chi connectivity index (χ1v) is 23.1. The molecular weight excluding hydrogens is 849 g/mol. The van der Waals surface area contributed by atoms with Gasteiger partial charge in [-0.3, -0.25) is 19.2 Å². The first kappa shape index (κ1) is 48.4. The lowest BCUT2D eigenvalue weighted by molar-refractivity contribution is -0.119. The molecule has 12 nitrogen and oxygen atoms in total. The van der Waals surface area contributed by atoms with Gasteiger partial charge in [-0.25, -0.2) is 0 Å². The number of fused-ring (bicyclic) bond motifs is 6. The quantitative estimate of drug-likeness (QED) is 0.115. The molecule has 1 N–H and O–H groups in total. The topological polar surface area (TPSA) is 141 Å². The molecule has 4 aromatic rings. The summed E-state index contributed by atoms with van der Waals surface area (Å²) in [5.41, 5.74) is 7.87. The number of allylic oxidation sites excluding steroid dienone is 4. The highest BCUT2D eigenvalue weighted by molar-refractivity contribution is 6.01. The third-order valence-corrected chi connectivity index (χ3v) is 13.0. The molecule has 4 aromatic carbocycles. The van der Waals surface area contributed by atoms with Crippen LogP contribution in [0.3, 0.4) is 0 Å². The fraction of sp³-hybridized carbons (Fsp3) is 0.418. The summed E-state index contributed by atoms with van der Waals surface area (Å²) in [6.07, 6.45) is 8.26. The molecule has 0 unspecified atom stereocenters. The van der Waals surface area contributed by atoms with Crippen molar-refractivity contribution in [3.63, 3.8) is 0 Å². The molecular formula is C55H64N2O10. The number of ether oxygens (including phenoxy) is 5. The van der Waals surface area contributed by atoms with Crippen LogP contribution in [0.1, 0.15) is 121 Å². The summed E-state index contributed by atoms with van der Waals surface area (Å²) >= 11 is 0. The molecule has 0 radical (unpaired) electrons. The number of benzene rings is 4. The molecule has 4 heterocycles. The second-order valence-corrected chi connectivity index (χ2v) is 19.1. The fourth-order valence-electron chi connectivity index (χ4n) is 9.54. The zero-order valence-electron chi connectivity index (χ0n) is 40.4. The Morgan fingerprint density at radius 1 is 0.627 bits per heavy atom. The summed E-state index contributed by atoms with van der Waals surface area (Å²) in [7, 11) is 4.87. The van der Waals surface area contributed by atoms with E-state index in [1.165, 1.54) is 0 Å². The molecule has 0 bridgehead atoms. The molecule has 2 atom stereocenters. The zero-order valence-corrected chi connectivity index (χ0v) is 40.4. The van der Waals surface area contributed by atoms with Crippen molar-refractivity contribution in [2.24, 2.45) is 0 Å². The van der Waals surface area contributed by atoms with Crippen molar-refractivity contribution in [1.29, 1.82) is 0 Å². The third-order valence-electron chi connectivity index (χ3n) is 13.0. The number of amides is 2. The number of carbonyl (C=O) groups is 4. The molecule has 0 spiro atoms. The third kappa shape index (κ3) is 11.0. The predicted octanol–water partition coefficient (Wildman–Crippen LogP) is 9.52. The van der Waals surface area contributed by atoms with Crippen LogP contribution in [0, 0.1) is 0 Å². The molecule has 0 saturated heterocycles. The van der Waals surface area contributed by atoms with E-state index >= 15 is 0 Å². The van der Waals surface area contributed by atoms with Gasteiger partial charge >= 0.3 is 0 Å². The SMILES string of the molecule is COc1cc2c(c3c1CC[C@](C)(CC(=O)C=C(C)C)O3)CN(CCc1ccc(O)cc1)C2=O.COc1ccc(CCN2Cc3c(cc(OC)c4c3O[C@@](C)(CC(=O)C=C(C)C)CC4)C2=O)cc1. The molecule has 2 amide bonds. The van der Waals surface area contributed by atoms with E-state index in [0.717, 1.165) is 69.5 Å². The molecule has 67 heavy (non-hydrogen) atoms. The van der Waals surface area contributed by atoms with Gasteiger partial charge in [-0.2, -0.15) is 0 Å². The summed E-state index contributed by atoms with van der Waals surface area (Å²) in [6, 6.07) is 18.6. The van der Waals surface area contributed by atoms with Gasteiger partial charge in [-0.15, -0.1) is 0 Å². The van der Waals surface area contributed by atoms with Crippen LogP contribution in [0.15, 0.2) is 84.0 Å². The maximum absolute atomic E-state index is 13.3. The van der Waals surface area contributed by atoms with Gasteiger partial charge in [-0.05, 0) is 140 Å². The molecule has 0 aliphatic carbocycles. The Hall–Kier alpha value is -6.56. The number of hydrogen-bond acceptors (Lipinski definition) is 10. The molecule has 0 saturated carbocycles. The van der Waals surface area contributed by atoms with Crippen LogP contribution in [-0.4, -0.2) is 83.9 Å². The highest BCUT2D eigenvalue weighted by Gasteiger charge is 2.42. The second kappa shape index (κ2) is 20.1. The standard InChI is InChI=1S/C28H33NO5.C27H31NO5/c1-18(2)14-20(30)16-28(3)12-10-22-25(33-5)15-23-24(26(22)34-28)17-29(27(23)31)13-11-19-6-8-21(32-4)9-7-19;1-17(2)13-20(30)15-27(3)11-9-21-24(32-4)14-22-23(25(21)33-27)16-28(26(22)31)12-10-18-5-7-19(29)8-6-18/h6-9,14-15H,10-13,16-17H2,1-5H3;5-8,13-14,29H,9-12,15-16H2,1-4H3/t28-;27-/m11/s1. The van der Waals surface area contributed by atoms with Crippen molar-refractivity contribution in [3.05, 3.63) is 128 Å². The molecule has 4 aliphatic heterocycles. The van der Waals surface area contributed by atoms with Crippen LogP contribution in [0.5, 0.6) is 34.5 Å². The van der Waals surface area contributed by atoms with Crippen LogP contribution in [0.2, 0.25) is 0 Å². The Bertz CT molecular complexity index is 2600.